The van der Waals surface area contributed by atoms with Gasteiger partial charge in [0, 0.05) is 22.8 Å². The van der Waals surface area contributed by atoms with E-state index >= 15 is 0 Å². The van der Waals surface area contributed by atoms with Gasteiger partial charge in [-0.3, -0.25) is 9.10 Å². The molecule has 0 aromatic heterocycles. The van der Waals surface area contributed by atoms with Gasteiger partial charge in [-0.2, -0.15) is 0 Å². The molecule has 3 rings (SSSR count). The number of aryl methyl sites for hydroxylation is 1. The molecule has 0 spiro atoms. The molecule has 33 heavy (non-hydrogen) atoms. The van der Waals surface area contributed by atoms with Crippen LogP contribution in [-0.4, -0.2) is 32.9 Å². The van der Waals surface area contributed by atoms with Crippen molar-refractivity contribution in [1.82, 2.24) is 5.32 Å². The standard InChI is InChI=1S/C24H24Cl2N2O3S2/c1-17-6-12-20(13-7-17)32-15-14-27-24(29)19-10-8-18(9-11-19)16-28(33(2,30)31)22-5-3-4-21(25)23(22)26/h3-13H,14-16H2,1-2H3,(H,27,29). The zero-order valence-corrected chi connectivity index (χ0v) is 21.4. The summed E-state index contributed by atoms with van der Waals surface area (Å²) >= 11 is 14.0. The Labute approximate surface area is 209 Å². The number of carbonyl (C=O) groups excluding carboxylic acids is 1. The number of benzene rings is 3. The molecular formula is C24H24Cl2N2O3S2. The molecule has 3 aromatic rings. The molecule has 174 valence electrons. The maximum atomic E-state index is 12.4. The molecule has 1 N–H and O–H groups in total. The lowest BCUT2D eigenvalue weighted by Crippen LogP contribution is -2.29. The van der Waals surface area contributed by atoms with Gasteiger partial charge in [-0.05, 0) is 48.9 Å². The van der Waals surface area contributed by atoms with E-state index in [9.17, 15) is 13.2 Å². The first-order valence-corrected chi connectivity index (χ1v) is 13.7. The normalized spacial score (nSPS) is 11.3. The van der Waals surface area contributed by atoms with Crippen LogP contribution in [0.15, 0.2) is 71.6 Å². The predicted molar refractivity (Wildman–Crippen MR) is 138 cm³/mol. The minimum atomic E-state index is -3.61. The van der Waals surface area contributed by atoms with Crippen LogP contribution in [0, 0.1) is 6.92 Å². The zero-order valence-electron chi connectivity index (χ0n) is 18.2. The molecule has 0 bridgehead atoms. The van der Waals surface area contributed by atoms with E-state index in [1.165, 1.54) is 9.87 Å². The van der Waals surface area contributed by atoms with Crippen molar-refractivity contribution >= 4 is 56.6 Å². The first-order chi connectivity index (χ1) is 15.6. The molecular weight excluding hydrogens is 499 g/mol. The maximum Gasteiger partial charge on any atom is 0.251 e. The van der Waals surface area contributed by atoms with Crippen molar-refractivity contribution in [2.75, 3.05) is 22.9 Å². The fourth-order valence-corrected chi connectivity index (χ4v) is 5.17. The quantitative estimate of drug-likeness (QED) is 0.285. The zero-order chi connectivity index (χ0) is 24.0. The third kappa shape index (κ3) is 7.14. The second-order valence-corrected chi connectivity index (χ2v) is 11.3. The number of hydrogen-bond donors (Lipinski definition) is 1. The molecule has 0 aliphatic carbocycles. The minimum absolute atomic E-state index is 0.0635. The Hall–Kier alpha value is -2.19. The molecule has 1 amide bonds. The summed E-state index contributed by atoms with van der Waals surface area (Å²) in [5, 5.41) is 3.35. The van der Waals surface area contributed by atoms with Gasteiger partial charge < -0.3 is 5.32 Å². The predicted octanol–water partition coefficient (Wildman–Crippen LogP) is 5.79. The van der Waals surface area contributed by atoms with Crippen molar-refractivity contribution in [3.05, 3.63) is 93.5 Å². The molecule has 3 aromatic carbocycles. The van der Waals surface area contributed by atoms with Gasteiger partial charge in [0.2, 0.25) is 10.0 Å². The molecule has 0 heterocycles. The molecule has 0 atom stereocenters. The van der Waals surface area contributed by atoms with Gasteiger partial charge in [0.15, 0.2) is 0 Å². The fraction of sp³-hybridized carbons (Fsp3) is 0.208. The lowest BCUT2D eigenvalue weighted by atomic mass is 10.1. The topological polar surface area (TPSA) is 66.5 Å². The third-order valence-corrected chi connectivity index (χ3v) is 7.77. The van der Waals surface area contributed by atoms with Crippen molar-refractivity contribution < 1.29 is 13.2 Å². The highest BCUT2D eigenvalue weighted by atomic mass is 35.5. The SMILES string of the molecule is Cc1ccc(SCCNC(=O)c2ccc(CN(c3cccc(Cl)c3Cl)S(C)(=O)=O)cc2)cc1. The number of sulfonamides is 1. The largest absolute Gasteiger partial charge is 0.351 e. The van der Waals surface area contributed by atoms with Crippen LogP contribution < -0.4 is 9.62 Å². The van der Waals surface area contributed by atoms with Gasteiger partial charge in [-0.1, -0.05) is 59.1 Å². The number of carbonyl (C=O) groups is 1. The van der Waals surface area contributed by atoms with E-state index in [4.69, 9.17) is 23.2 Å². The maximum absolute atomic E-state index is 12.4. The number of nitrogens with one attached hydrogen (secondary N) is 1. The van der Waals surface area contributed by atoms with E-state index in [1.54, 1.807) is 54.2 Å². The molecule has 0 saturated heterocycles. The summed E-state index contributed by atoms with van der Waals surface area (Å²) < 4.78 is 26.0. The number of amides is 1. The average Bonchev–Trinajstić information content (AvgIpc) is 2.78. The van der Waals surface area contributed by atoms with Crippen LogP contribution >= 0.6 is 35.0 Å². The summed E-state index contributed by atoms with van der Waals surface area (Å²) in [5.74, 6) is 0.584. The van der Waals surface area contributed by atoms with E-state index in [0.717, 1.165) is 16.9 Å². The first-order valence-electron chi connectivity index (χ1n) is 10.1. The molecule has 0 aliphatic rings. The number of hydrogen-bond acceptors (Lipinski definition) is 4. The van der Waals surface area contributed by atoms with Crippen molar-refractivity contribution in [3.8, 4) is 0 Å². The Morgan fingerprint density at radius 2 is 1.67 bits per heavy atom. The lowest BCUT2D eigenvalue weighted by molar-refractivity contribution is 0.0956. The second-order valence-electron chi connectivity index (χ2n) is 7.46. The van der Waals surface area contributed by atoms with Gasteiger partial charge in [0.25, 0.3) is 5.91 Å². The first kappa shape index (κ1) is 25.4. The molecule has 0 saturated carbocycles. The highest BCUT2D eigenvalue weighted by molar-refractivity contribution is 7.99. The van der Waals surface area contributed by atoms with Gasteiger partial charge >= 0.3 is 0 Å². The van der Waals surface area contributed by atoms with E-state index in [1.807, 2.05) is 6.92 Å². The van der Waals surface area contributed by atoms with Crippen LogP contribution in [0.2, 0.25) is 10.0 Å². The molecule has 0 aliphatic heterocycles. The molecule has 9 heteroatoms. The Kier molecular flexibility index (Phi) is 8.70. The van der Waals surface area contributed by atoms with Crippen molar-refractivity contribution in [3.63, 3.8) is 0 Å². The number of thioether (sulfide) groups is 1. The van der Waals surface area contributed by atoms with Crippen LogP contribution in [0.25, 0.3) is 0 Å². The van der Waals surface area contributed by atoms with Crippen LogP contribution in [0.4, 0.5) is 5.69 Å². The van der Waals surface area contributed by atoms with Gasteiger partial charge in [-0.25, -0.2) is 8.42 Å². The summed E-state index contributed by atoms with van der Waals surface area (Å²) in [7, 11) is -3.61. The number of anilines is 1. The Morgan fingerprint density at radius 3 is 2.30 bits per heavy atom. The van der Waals surface area contributed by atoms with Crippen molar-refractivity contribution in [2.24, 2.45) is 0 Å². The van der Waals surface area contributed by atoms with Crippen LogP contribution in [-0.2, 0) is 16.6 Å². The van der Waals surface area contributed by atoms with Crippen molar-refractivity contribution in [1.29, 1.82) is 0 Å². The lowest BCUT2D eigenvalue weighted by Gasteiger charge is -2.24. The summed E-state index contributed by atoms with van der Waals surface area (Å²) in [6.45, 7) is 2.65. The van der Waals surface area contributed by atoms with Crippen LogP contribution in [0.5, 0.6) is 0 Å². The molecule has 5 nitrogen and oxygen atoms in total. The highest BCUT2D eigenvalue weighted by Crippen LogP contribution is 2.34. The number of rotatable bonds is 9. The van der Waals surface area contributed by atoms with E-state index in [0.29, 0.717) is 23.4 Å². The summed E-state index contributed by atoms with van der Waals surface area (Å²) in [6.07, 6.45) is 1.11. The molecule has 0 fully saturated rings. The van der Waals surface area contributed by atoms with E-state index in [-0.39, 0.29) is 22.5 Å². The Morgan fingerprint density at radius 1 is 1.00 bits per heavy atom. The monoisotopic (exact) mass is 522 g/mol. The second kappa shape index (κ2) is 11.3. The fourth-order valence-electron chi connectivity index (χ4n) is 3.06. The number of nitrogens with zero attached hydrogens (tertiary/aromatic N) is 1. The van der Waals surface area contributed by atoms with Crippen LogP contribution in [0.1, 0.15) is 21.5 Å². The van der Waals surface area contributed by atoms with Crippen molar-refractivity contribution in [2.45, 2.75) is 18.4 Å². The summed E-state index contributed by atoms with van der Waals surface area (Å²) in [6, 6.07) is 19.9. The van der Waals surface area contributed by atoms with E-state index in [2.05, 4.69) is 29.6 Å². The minimum Gasteiger partial charge on any atom is -0.351 e. The Balaban J connectivity index is 1.60. The Bertz CT molecular complexity index is 1220. The number of halogens is 2. The smallest absolute Gasteiger partial charge is 0.251 e. The highest BCUT2D eigenvalue weighted by Gasteiger charge is 2.21. The summed E-state index contributed by atoms with van der Waals surface area (Å²) in [4.78, 5) is 13.6. The van der Waals surface area contributed by atoms with E-state index < -0.39 is 10.0 Å². The third-order valence-electron chi connectivity index (χ3n) is 4.82. The van der Waals surface area contributed by atoms with Gasteiger partial charge in [0.05, 0.1) is 28.5 Å². The average molecular weight is 524 g/mol. The summed E-state index contributed by atoms with van der Waals surface area (Å²) in [5.41, 5.74) is 2.74. The van der Waals surface area contributed by atoms with Gasteiger partial charge in [-0.15, -0.1) is 11.8 Å². The molecule has 0 radical (unpaired) electrons. The molecule has 0 unspecified atom stereocenters. The van der Waals surface area contributed by atoms with Crippen LogP contribution in [0.3, 0.4) is 0 Å². The van der Waals surface area contributed by atoms with Gasteiger partial charge in [0.1, 0.15) is 0 Å².